The minimum absolute atomic E-state index is 0.000284. The summed E-state index contributed by atoms with van der Waals surface area (Å²) in [6, 6.07) is 12.3. The minimum Gasteiger partial charge on any atom is -0.495 e. The number of ether oxygens (including phenoxy) is 2. The van der Waals surface area contributed by atoms with Gasteiger partial charge >= 0.3 is 0 Å². The van der Waals surface area contributed by atoms with Crippen molar-refractivity contribution in [2.45, 2.75) is 19.9 Å². The highest BCUT2D eigenvalue weighted by molar-refractivity contribution is 6.32. The minimum atomic E-state index is -0.645. The molecule has 0 aliphatic carbocycles. The number of amides is 2. The first-order chi connectivity index (χ1) is 16.8. The van der Waals surface area contributed by atoms with Crippen LogP contribution in [0.2, 0.25) is 5.02 Å². The first kappa shape index (κ1) is 24.6. The summed E-state index contributed by atoms with van der Waals surface area (Å²) in [6.07, 6.45) is 0. The van der Waals surface area contributed by atoms with Gasteiger partial charge in [0.1, 0.15) is 17.5 Å². The van der Waals surface area contributed by atoms with Crippen LogP contribution in [0.15, 0.2) is 42.5 Å². The molecule has 4 rings (SSSR count). The highest BCUT2D eigenvalue weighted by atomic mass is 35.5. The number of anilines is 1. The first-order valence-electron chi connectivity index (χ1n) is 11.2. The van der Waals surface area contributed by atoms with E-state index in [1.54, 1.807) is 12.1 Å². The molecule has 1 aliphatic heterocycles. The number of nitrogens with zero attached hydrogens (tertiary/aromatic N) is 3. The van der Waals surface area contributed by atoms with E-state index in [2.05, 4.69) is 15.7 Å². The largest absolute Gasteiger partial charge is 0.495 e. The van der Waals surface area contributed by atoms with Crippen LogP contribution in [0.5, 0.6) is 11.5 Å². The number of carbonyl (C=O) groups is 2. The molecule has 0 saturated carbocycles. The molecule has 10 heteroatoms. The number of methoxy groups -OCH3 is 2. The molecule has 1 atom stereocenters. The summed E-state index contributed by atoms with van der Waals surface area (Å²) in [5.41, 5.74) is 3.71. The van der Waals surface area contributed by atoms with E-state index in [1.807, 2.05) is 53.8 Å². The van der Waals surface area contributed by atoms with E-state index in [0.29, 0.717) is 35.3 Å². The Hall–Kier alpha value is -3.56. The molecule has 184 valence electrons. The summed E-state index contributed by atoms with van der Waals surface area (Å²) < 4.78 is 12.4. The van der Waals surface area contributed by atoms with Crippen LogP contribution in [0.25, 0.3) is 5.69 Å². The van der Waals surface area contributed by atoms with Gasteiger partial charge in [0.2, 0.25) is 11.8 Å². The van der Waals surface area contributed by atoms with E-state index in [4.69, 9.17) is 21.1 Å². The molecular formula is C25H28ClN5O4. The lowest BCUT2D eigenvalue weighted by Crippen LogP contribution is -2.52. The van der Waals surface area contributed by atoms with Crippen molar-refractivity contribution in [3.05, 3.63) is 64.4 Å². The number of rotatable bonds is 7. The van der Waals surface area contributed by atoms with E-state index in [9.17, 15) is 9.59 Å². The maximum Gasteiger partial charge on any atom is 0.242 e. The number of aryl methyl sites for hydroxylation is 1. The number of hydrogen-bond donors (Lipinski definition) is 2. The Morgan fingerprint density at radius 2 is 1.89 bits per heavy atom. The number of carbonyl (C=O) groups excluding carboxylic acids is 2. The van der Waals surface area contributed by atoms with Gasteiger partial charge in [-0.3, -0.25) is 14.5 Å². The Morgan fingerprint density at radius 1 is 1.17 bits per heavy atom. The van der Waals surface area contributed by atoms with Crippen LogP contribution >= 0.6 is 11.6 Å². The van der Waals surface area contributed by atoms with Gasteiger partial charge in [-0.1, -0.05) is 29.8 Å². The molecule has 2 amide bonds. The van der Waals surface area contributed by atoms with Crippen molar-refractivity contribution in [1.29, 1.82) is 0 Å². The predicted molar refractivity (Wildman–Crippen MR) is 134 cm³/mol. The van der Waals surface area contributed by atoms with Gasteiger partial charge in [0.25, 0.3) is 0 Å². The van der Waals surface area contributed by atoms with Gasteiger partial charge in [-0.25, -0.2) is 4.68 Å². The van der Waals surface area contributed by atoms with E-state index in [1.165, 1.54) is 14.2 Å². The topological polar surface area (TPSA) is 97.7 Å². The molecule has 1 fully saturated rings. The summed E-state index contributed by atoms with van der Waals surface area (Å²) >= 11 is 6.24. The van der Waals surface area contributed by atoms with E-state index >= 15 is 0 Å². The summed E-state index contributed by atoms with van der Waals surface area (Å²) in [5.74, 6) is 0.405. The second-order valence-electron chi connectivity index (χ2n) is 8.23. The Bertz CT molecular complexity index is 1240. The van der Waals surface area contributed by atoms with E-state index < -0.39 is 6.04 Å². The lowest BCUT2D eigenvalue weighted by molar-refractivity contribution is -0.130. The quantitative estimate of drug-likeness (QED) is 0.520. The van der Waals surface area contributed by atoms with Crippen molar-refractivity contribution in [2.75, 3.05) is 39.2 Å². The van der Waals surface area contributed by atoms with Gasteiger partial charge in [-0.05, 0) is 32.0 Å². The average molecular weight is 498 g/mol. The van der Waals surface area contributed by atoms with Crippen LogP contribution in [-0.4, -0.2) is 60.3 Å². The zero-order valence-corrected chi connectivity index (χ0v) is 20.8. The summed E-state index contributed by atoms with van der Waals surface area (Å²) in [5, 5.41) is 10.8. The van der Waals surface area contributed by atoms with Crippen LogP contribution in [-0.2, 0) is 9.59 Å². The van der Waals surface area contributed by atoms with E-state index in [-0.39, 0.29) is 18.4 Å². The van der Waals surface area contributed by atoms with Gasteiger partial charge in [0.05, 0.1) is 42.9 Å². The smallest absolute Gasteiger partial charge is 0.242 e. The summed E-state index contributed by atoms with van der Waals surface area (Å²) in [4.78, 5) is 28.0. The van der Waals surface area contributed by atoms with Crippen LogP contribution in [0.1, 0.15) is 23.0 Å². The van der Waals surface area contributed by atoms with Crippen molar-refractivity contribution in [3.63, 3.8) is 0 Å². The molecule has 3 aromatic rings. The molecule has 2 heterocycles. The summed E-state index contributed by atoms with van der Waals surface area (Å²) in [6.45, 7) is 4.78. The Kier molecular flexibility index (Phi) is 7.28. The molecule has 2 N–H and O–H groups in total. The number of benzene rings is 2. The van der Waals surface area contributed by atoms with Gasteiger partial charge < -0.3 is 20.1 Å². The number of hydrogen-bond acceptors (Lipinski definition) is 6. The molecule has 0 spiro atoms. The second kappa shape index (κ2) is 10.4. The molecule has 0 radical (unpaired) electrons. The van der Waals surface area contributed by atoms with Gasteiger partial charge in [0, 0.05) is 30.4 Å². The van der Waals surface area contributed by atoms with Crippen molar-refractivity contribution >= 4 is 29.1 Å². The monoisotopic (exact) mass is 497 g/mol. The third kappa shape index (κ3) is 4.96. The van der Waals surface area contributed by atoms with Gasteiger partial charge in [-0.2, -0.15) is 5.10 Å². The van der Waals surface area contributed by atoms with Crippen LogP contribution in [0.4, 0.5) is 5.69 Å². The summed E-state index contributed by atoms with van der Waals surface area (Å²) in [7, 11) is 3.00. The molecule has 35 heavy (non-hydrogen) atoms. The number of para-hydroxylation sites is 1. The van der Waals surface area contributed by atoms with Crippen LogP contribution in [0, 0.1) is 13.8 Å². The Labute approximate surface area is 209 Å². The number of halogens is 1. The van der Waals surface area contributed by atoms with Crippen LogP contribution in [0.3, 0.4) is 0 Å². The first-order valence-corrected chi connectivity index (χ1v) is 11.6. The Morgan fingerprint density at radius 3 is 2.57 bits per heavy atom. The zero-order valence-electron chi connectivity index (χ0n) is 20.1. The second-order valence-corrected chi connectivity index (χ2v) is 8.64. The van der Waals surface area contributed by atoms with Gasteiger partial charge in [-0.15, -0.1) is 0 Å². The number of nitrogens with one attached hydrogen (secondary N) is 2. The molecular weight excluding hydrogens is 470 g/mol. The van der Waals surface area contributed by atoms with Crippen molar-refractivity contribution in [3.8, 4) is 17.2 Å². The number of aromatic nitrogens is 2. The fourth-order valence-electron chi connectivity index (χ4n) is 4.40. The van der Waals surface area contributed by atoms with Crippen LogP contribution < -0.4 is 20.1 Å². The molecule has 0 bridgehead atoms. The third-order valence-electron chi connectivity index (χ3n) is 6.03. The normalized spacial score (nSPS) is 16.0. The fraction of sp³-hybridized carbons (Fsp3) is 0.320. The number of piperazine rings is 1. The fourth-order valence-corrected chi connectivity index (χ4v) is 4.64. The standard InChI is InChI=1S/C25H28ClN5O4/c1-15-23(16(2)31(29-15)17-8-6-5-7-9-17)24-25(33)27-10-11-30(24)14-22(32)28-19-12-18(26)20(34-3)13-21(19)35-4/h5-9,12-13,24H,10-11,14H2,1-4H3,(H,27,33)(H,28,32). The van der Waals surface area contributed by atoms with Crippen molar-refractivity contribution in [1.82, 2.24) is 20.0 Å². The van der Waals surface area contributed by atoms with Gasteiger partial charge in [0.15, 0.2) is 0 Å². The molecule has 9 nitrogen and oxygen atoms in total. The Balaban J connectivity index is 1.60. The SMILES string of the molecule is COc1cc(OC)c(NC(=O)CN2CCNC(=O)C2c2c(C)nn(-c3ccccc3)c2C)cc1Cl. The predicted octanol–water partition coefficient (Wildman–Crippen LogP) is 3.27. The van der Waals surface area contributed by atoms with Crippen molar-refractivity contribution in [2.24, 2.45) is 0 Å². The molecule has 1 aliphatic rings. The molecule has 2 aromatic carbocycles. The zero-order chi connectivity index (χ0) is 25.1. The maximum atomic E-state index is 13.1. The lowest BCUT2D eigenvalue weighted by Gasteiger charge is -2.34. The molecule has 1 saturated heterocycles. The average Bonchev–Trinajstić information content (AvgIpc) is 3.13. The van der Waals surface area contributed by atoms with Crippen molar-refractivity contribution < 1.29 is 19.1 Å². The highest BCUT2D eigenvalue weighted by Crippen LogP contribution is 2.36. The highest BCUT2D eigenvalue weighted by Gasteiger charge is 2.36. The maximum absolute atomic E-state index is 13.1. The molecule has 1 unspecified atom stereocenters. The lowest BCUT2D eigenvalue weighted by atomic mass is 10.00. The molecule has 1 aromatic heterocycles. The third-order valence-corrected chi connectivity index (χ3v) is 6.32. The van der Waals surface area contributed by atoms with E-state index in [0.717, 1.165) is 22.6 Å².